The van der Waals surface area contributed by atoms with Gasteiger partial charge in [0.1, 0.15) is 5.75 Å². The number of benzene rings is 1. The van der Waals surface area contributed by atoms with Crippen molar-refractivity contribution < 1.29 is 9.53 Å². The number of nitrogens with zero attached hydrogens (tertiary/aromatic N) is 2. The number of rotatable bonds is 1. The molecule has 2 fully saturated rings. The number of nitrogens with one attached hydrogen (secondary N) is 1. The van der Waals surface area contributed by atoms with Gasteiger partial charge in [-0.1, -0.05) is 6.07 Å². The Morgan fingerprint density at radius 1 is 1.07 bits per heavy atom. The second kappa shape index (κ2) is 8.19. The summed E-state index contributed by atoms with van der Waals surface area (Å²) in [6.07, 6.45) is 5.36. The number of carbonyl (C=O) groups excluding carboxylic acids is 1. The Kier molecular flexibility index (Phi) is 5.69. The number of anilines is 1. The lowest BCUT2D eigenvalue weighted by atomic mass is 9.80. The first kappa shape index (κ1) is 18.8. The van der Waals surface area contributed by atoms with Crippen molar-refractivity contribution in [1.82, 2.24) is 9.80 Å². The summed E-state index contributed by atoms with van der Waals surface area (Å²) in [6, 6.07) is 6.75. The van der Waals surface area contributed by atoms with Gasteiger partial charge in [0, 0.05) is 19.0 Å². The van der Waals surface area contributed by atoms with Gasteiger partial charge in [0.15, 0.2) is 0 Å². The second-order valence-corrected chi connectivity index (χ2v) is 8.73. The number of piperidine rings is 2. The summed E-state index contributed by atoms with van der Waals surface area (Å²) in [4.78, 5) is 17.8. The van der Waals surface area contributed by atoms with Crippen LogP contribution in [0.15, 0.2) is 18.2 Å². The minimum atomic E-state index is 0.134. The van der Waals surface area contributed by atoms with Gasteiger partial charge in [-0.15, -0.1) is 0 Å². The molecule has 0 aliphatic carbocycles. The average molecular weight is 372 g/mol. The maximum Gasteiger partial charge on any atom is 0.224 e. The van der Waals surface area contributed by atoms with Gasteiger partial charge < -0.3 is 15.0 Å². The van der Waals surface area contributed by atoms with E-state index in [0.29, 0.717) is 18.3 Å². The Morgan fingerprint density at radius 3 is 2.70 bits per heavy atom. The van der Waals surface area contributed by atoms with E-state index >= 15 is 0 Å². The molecule has 0 spiro atoms. The summed E-state index contributed by atoms with van der Waals surface area (Å²) < 4.78 is 6.07. The van der Waals surface area contributed by atoms with Crippen LogP contribution in [0.2, 0.25) is 0 Å². The fraction of sp³-hybridized carbons (Fsp3) is 0.682. The van der Waals surface area contributed by atoms with E-state index in [4.69, 9.17) is 4.74 Å². The van der Waals surface area contributed by atoms with Crippen LogP contribution in [0.3, 0.4) is 0 Å². The summed E-state index contributed by atoms with van der Waals surface area (Å²) in [7, 11) is 2.22. The van der Waals surface area contributed by atoms with Gasteiger partial charge in [-0.05, 0) is 88.8 Å². The second-order valence-electron chi connectivity index (χ2n) is 8.73. The van der Waals surface area contributed by atoms with Crippen molar-refractivity contribution in [1.29, 1.82) is 0 Å². The molecule has 3 aliphatic heterocycles. The topological polar surface area (TPSA) is 44.8 Å². The molecule has 0 saturated carbocycles. The number of fused-ring (bicyclic) bond motifs is 2. The third kappa shape index (κ3) is 4.46. The lowest BCUT2D eigenvalue weighted by Gasteiger charge is -2.44. The molecule has 3 heterocycles. The molecule has 0 radical (unpaired) electrons. The smallest absolute Gasteiger partial charge is 0.224 e. The van der Waals surface area contributed by atoms with Crippen molar-refractivity contribution in [2.45, 2.75) is 45.1 Å². The lowest BCUT2D eigenvalue weighted by Crippen LogP contribution is -2.50. The first-order valence-electron chi connectivity index (χ1n) is 10.5. The lowest BCUT2D eigenvalue weighted by molar-refractivity contribution is -0.118. The number of likely N-dealkylation sites (tertiary alicyclic amines) is 2. The van der Waals surface area contributed by atoms with Crippen LogP contribution in [-0.2, 0) is 4.79 Å². The van der Waals surface area contributed by atoms with Crippen LogP contribution in [0.5, 0.6) is 5.75 Å². The van der Waals surface area contributed by atoms with Gasteiger partial charge in [-0.2, -0.15) is 0 Å². The minimum Gasteiger partial charge on any atom is -0.491 e. The Labute approximate surface area is 163 Å². The van der Waals surface area contributed by atoms with E-state index in [0.717, 1.165) is 55.6 Å². The molecule has 1 N–H and O–H groups in total. The number of aryl methyl sites for hydroxylation is 1. The van der Waals surface area contributed by atoms with Gasteiger partial charge in [-0.25, -0.2) is 0 Å². The molecule has 2 atom stereocenters. The van der Waals surface area contributed by atoms with Crippen LogP contribution in [-0.4, -0.2) is 61.6 Å². The highest BCUT2D eigenvalue weighted by Crippen LogP contribution is 2.34. The summed E-state index contributed by atoms with van der Waals surface area (Å²) >= 11 is 0. The molecule has 5 nitrogen and oxygen atoms in total. The molecule has 27 heavy (non-hydrogen) atoms. The van der Waals surface area contributed by atoms with E-state index in [2.05, 4.69) is 22.2 Å². The summed E-state index contributed by atoms with van der Waals surface area (Å²) in [5, 5.41) is 3.10. The van der Waals surface area contributed by atoms with Gasteiger partial charge in [0.25, 0.3) is 0 Å². The van der Waals surface area contributed by atoms with Gasteiger partial charge in [0.2, 0.25) is 5.91 Å². The Hall–Kier alpha value is -1.59. The largest absolute Gasteiger partial charge is 0.491 e. The number of ether oxygens (including phenoxy) is 1. The third-order valence-electron chi connectivity index (χ3n) is 6.73. The SMILES string of the molecule is Cc1ccc2c(c1)NC(=O)C[C@@H]1CCN(C3CCN(C)CC3)C[C@@H]1CCO2. The Morgan fingerprint density at radius 2 is 1.89 bits per heavy atom. The molecule has 0 bridgehead atoms. The summed E-state index contributed by atoms with van der Waals surface area (Å²) in [5.41, 5.74) is 1.96. The highest BCUT2D eigenvalue weighted by Gasteiger charge is 2.34. The van der Waals surface area contributed by atoms with E-state index in [1.807, 2.05) is 25.1 Å². The first-order chi connectivity index (χ1) is 13.1. The number of carbonyl (C=O) groups is 1. The van der Waals surface area contributed by atoms with Crippen LogP contribution in [0.1, 0.15) is 37.7 Å². The van der Waals surface area contributed by atoms with Crippen molar-refractivity contribution in [3.63, 3.8) is 0 Å². The number of hydrogen-bond acceptors (Lipinski definition) is 4. The van der Waals surface area contributed by atoms with Crippen molar-refractivity contribution >= 4 is 11.6 Å². The highest BCUT2D eigenvalue weighted by atomic mass is 16.5. The molecule has 2 saturated heterocycles. The van der Waals surface area contributed by atoms with Crippen LogP contribution in [0.25, 0.3) is 0 Å². The summed E-state index contributed by atoms with van der Waals surface area (Å²) in [6.45, 7) is 7.44. The quantitative estimate of drug-likeness (QED) is 0.824. The number of amides is 1. The summed E-state index contributed by atoms with van der Waals surface area (Å²) in [5.74, 6) is 1.96. The monoisotopic (exact) mass is 371 g/mol. The van der Waals surface area contributed by atoms with Crippen LogP contribution in [0.4, 0.5) is 5.69 Å². The molecular formula is C22H33N3O2. The highest BCUT2D eigenvalue weighted by molar-refractivity contribution is 5.92. The maximum absolute atomic E-state index is 12.7. The fourth-order valence-electron chi connectivity index (χ4n) is 5.02. The Balaban J connectivity index is 1.44. The van der Waals surface area contributed by atoms with Crippen molar-refractivity contribution in [3.05, 3.63) is 23.8 Å². The zero-order valence-corrected chi connectivity index (χ0v) is 16.7. The molecule has 0 unspecified atom stereocenters. The first-order valence-corrected chi connectivity index (χ1v) is 10.5. The van der Waals surface area contributed by atoms with Crippen molar-refractivity contribution in [2.24, 2.45) is 11.8 Å². The minimum absolute atomic E-state index is 0.134. The molecule has 3 aliphatic rings. The van der Waals surface area contributed by atoms with Crippen molar-refractivity contribution in [3.8, 4) is 5.75 Å². The number of hydrogen-bond donors (Lipinski definition) is 1. The molecule has 1 amide bonds. The van der Waals surface area contributed by atoms with E-state index in [9.17, 15) is 4.79 Å². The molecular weight excluding hydrogens is 338 g/mol. The van der Waals surface area contributed by atoms with Crippen LogP contribution < -0.4 is 10.1 Å². The third-order valence-corrected chi connectivity index (χ3v) is 6.73. The molecule has 5 heteroatoms. The van der Waals surface area contributed by atoms with E-state index in [-0.39, 0.29) is 5.91 Å². The molecule has 1 aromatic rings. The molecule has 1 aromatic carbocycles. The molecule has 0 aromatic heterocycles. The zero-order chi connectivity index (χ0) is 18.8. The predicted octanol–water partition coefficient (Wildman–Crippen LogP) is 3.14. The van der Waals surface area contributed by atoms with E-state index in [1.165, 1.54) is 25.9 Å². The van der Waals surface area contributed by atoms with Crippen LogP contribution >= 0.6 is 0 Å². The maximum atomic E-state index is 12.7. The fourth-order valence-corrected chi connectivity index (χ4v) is 5.02. The van der Waals surface area contributed by atoms with Crippen molar-refractivity contribution in [2.75, 3.05) is 45.2 Å². The molecule has 4 rings (SSSR count). The zero-order valence-electron chi connectivity index (χ0n) is 16.7. The van der Waals surface area contributed by atoms with Gasteiger partial charge in [0.05, 0.1) is 12.3 Å². The van der Waals surface area contributed by atoms with E-state index in [1.54, 1.807) is 0 Å². The van der Waals surface area contributed by atoms with Gasteiger partial charge in [-0.3, -0.25) is 9.69 Å². The predicted molar refractivity (Wildman–Crippen MR) is 108 cm³/mol. The van der Waals surface area contributed by atoms with E-state index < -0.39 is 0 Å². The van der Waals surface area contributed by atoms with Crippen LogP contribution in [0, 0.1) is 18.8 Å². The average Bonchev–Trinajstić information content (AvgIpc) is 2.65. The van der Waals surface area contributed by atoms with Gasteiger partial charge >= 0.3 is 0 Å². The molecule has 148 valence electrons. The Bertz CT molecular complexity index is 670. The normalized spacial score (nSPS) is 28.6. The standard InChI is InChI=1S/C22H33N3O2/c1-16-3-4-21-20(13-16)23-22(26)14-17-5-11-25(15-18(17)8-12-27-21)19-6-9-24(2)10-7-19/h3-4,13,17-19H,5-12,14-15H2,1-2H3,(H,23,26)/t17-,18-/m0/s1.